The van der Waals surface area contributed by atoms with Gasteiger partial charge in [0.15, 0.2) is 23.3 Å². The Balaban J connectivity index is 1.91. The Morgan fingerprint density at radius 2 is 1.17 bits per heavy atom. The van der Waals surface area contributed by atoms with E-state index in [-0.39, 0.29) is 11.1 Å². The normalized spacial score (nSPS) is 31.4. The maximum atomic E-state index is 14.5. The largest absolute Gasteiger partial charge is 0.361 e. The molecule has 1 heterocycles. The standard InChI is InChI=1S/C18H12F4O/c1-17(2)18(23-17)11-7-5-3-4-6-8(7)12(18)10-9(11)13(19)15(21)16(22)14(10)20/h3-6,11-12H,1-2H3/t11-,12-/m1/s1. The van der Waals surface area contributed by atoms with Crippen LogP contribution in [0, 0.1) is 23.3 Å². The van der Waals surface area contributed by atoms with Gasteiger partial charge in [-0.2, -0.15) is 0 Å². The number of rotatable bonds is 0. The van der Waals surface area contributed by atoms with Crippen LogP contribution >= 0.6 is 0 Å². The van der Waals surface area contributed by atoms with Gasteiger partial charge in [0, 0.05) is 23.0 Å². The molecule has 1 saturated heterocycles. The lowest BCUT2D eigenvalue weighted by Gasteiger charge is -2.19. The summed E-state index contributed by atoms with van der Waals surface area (Å²) in [5.41, 5.74) is -0.0428. The molecule has 2 atom stereocenters. The maximum Gasteiger partial charge on any atom is 0.197 e. The van der Waals surface area contributed by atoms with Crippen molar-refractivity contribution in [1.29, 1.82) is 0 Å². The highest BCUT2D eigenvalue weighted by atomic mass is 19.2. The first-order chi connectivity index (χ1) is 10.8. The molecule has 23 heavy (non-hydrogen) atoms. The lowest BCUT2D eigenvalue weighted by atomic mass is 9.82. The van der Waals surface area contributed by atoms with Gasteiger partial charge in [0.2, 0.25) is 0 Å². The Hall–Kier alpha value is -1.88. The summed E-state index contributed by atoms with van der Waals surface area (Å²) in [5.74, 6) is -7.32. The number of hydrogen-bond donors (Lipinski definition) is 0. The van der Waals surface area contributed by atoms with Gasteiger partial charge in [-0.05, 0) is 25.0 Å². The van der Waals surface area contributed by atoms with Crippen LogP contribution < -0.4 is 0 Å². The molecule has 5 rings (SSSR count). The summed E-state index contributed by atoms with van der Waals surface area (Å²) >= 11 is 0. The van der Waals surface area contributed by atoms with Gasteiger partial charge in [0.25, 0.3) is 0 Å². The van der Waals surface area contributed by atoms with E-state index < -0.39 is 46.3 Å². The van der Waals surface area contributed by atoms with Gasteiger partial charge in [-0.15, -0.1) is 0 Å². The summed E-state index contributed by atoms with van der Waals surface area (Å²) in [4.78, 5) is 0. The lowest BCUT2D eigenvalue weighted by molar-refractivity contribution is 0.264. The molecule has 2 bridgehead atoms. The molecule has 0 aromatic heterocycles. The fourth-order valence-electron chi connectivity index (χ4n) is 4.85. The van der Waals surface area contributed by atoms with Crippen LogP contribution in [-0.2, 0) is 4.74 Å². The van der Waals surface area contributed by atoms with E-state index in [9.17, 15) is 17.6 Å². The minimum Gasteiger partial charge on any atom is -0.361 e. The van der Waals surface area contributed by atoms with Crippen LogP contribution in [0.2, 0.25) is 0 Å². The van der Waals surface area contributed by atoms with E-state index in [1.54, 1.807) is 12.1 Å². The van der Waals surface area contributed by atoms with Gasteiger partial charge in [0.05, 0.1) is 5.60 Å². The van der Waals surface area contributed by atoms with Crippen LogP contribution in [0.25, 0.3) is 0 Å². The van der Waals surface area contributed by atoms with E-state index in [0.717, 1.165) is 11.1 Å². The molecule has 118 valence electrons. The summed E-state index contributed by atoms with van der Waals surface area (Å²) in [7, 11) is 0. The highest BCUT2D eigenvalue weighted by molar-refractivity contribution is 5.67. The molecule has 1 fully saturated rings. The van der Waals surface area contributed by atoms with E-state index in [1.807, 2.05) is 26.0 Å². The first kappa shape index (κ1) is 13.5. The molecular weight excluding hydrogens is 308 g/mol. The molecule has 0 unspecified atom stereocenters. The monoisotopic (exact) mass is 320 g/mol. The average molecular weight is 320 g/mol. The summed E-state index contributed by atoms with van der Waals surface area (Å²) in [6.45, 7) is 3.68. The number of epoxide rings is 1. The number of ether oxygens (including phenoxy) is 1. The summed E-state index contributed by atoms with van der Waals surface area (Å²) in [6.07, 6.45) is 0. The molecule has 2 aliphatic carbocycles. The van der Waals surface area contributed by atoms with Crippen molar-refractivity contribution >= 4 is 0 Å². The predicted molar refractivity (Wildman–Crippen MR) is 74.3 cm³/mol. The van der Waals surface area contributed by atoms with Crippen molar-refractivity contribution in [3.05, 3.63) is 69.8 Å². The van der Waals surface area contributed by atoms with Gasteiger partial charge < -0.3 is 4.74 Å². The topological polar surface area (TPSA) is 12.5 Å². The average Bonchev–Trinajstić information content (AvgIpc) is 2.85. The number of fused-ring (bicyclic) bond motifs is 6. The molecule has 5 heteroatoms. The van der Waals surface area contributed by atoms with Crippen LogP contribution in [0.15, 0.2) is 24.3 Å². The maximum absolute atomic E-state index is 14.5. The van der Waals surface area contributed by atoms with Crippen LogP contribution in [0.3, 0.4) is 0 Å². The first-order valence-corrected chi connectivity index (χ1v) is 7.47. The molecule has 1 spiro atoms. The molecule has 3 aliphatic rings. The number of benzene rings is 2. The highest BCUT2D eigenvalue weighted by Gasteiger charge is 2.79. The smallest absolute Gasteiger partial charge is 0.197 e. The van der Waals surface area contributed by atoms with Gasteiger partial charge in [-0.3, -0.25) is 0 Å². The summed E-state index contributed by atoms with van der Waals surface area (Å²) in [5, 5.41) is 0. The molecule has 0 radical (unpaired) electrons. The van der Waals surface area contributed by atoms with Crippen LogP contribution in [0.1, 0.15) is 47.9 Å². The molecule has 0 saturated carbocycles. The third-order valence-corrected chi connectivity index (χ3v) is 5.72. The Kier molecular flexibility index (Phi) is 2.13. The van der Waals surface area contributed by atoms with Crippen molar-refractivity contribution in [2.45, 2.75) is 36.9 Å². The minimum atomic E-state index is -1.75. The fourth-order valence-corrected chi connectivity index (χ4v) is 4.85. The van der Waals surface area contributed by atoms with E-state index in [2.05, 4.69) is 0 Å². The Labute approximate surface area is 129 Å². The van der Waals surface area contributed by atoms with E-state index in [1.165, 1.54) is 0 Å². The zero-order valence-electron chi connectivity index (χ0n) is 12.4. The van der Waals surface area contributed by atoms with Crippen molar-refractivity contribution in [2.24, 2.45) is 0 Å². The third kappa shape index (κ3) is 1.20. The van der Waals surface area contributed by atoms with Crippen molar-refractivity contribution in [1.82, 2.24) is 0 Å². The Morgan fingerprint density at radius 1 is 0.783 bits per heavy atom. The van der Waals surface area contributed by atoms with Gasteiger partial charge in [-0.1, -0.05) is 24.3 Å². The fraction of sp³-hybridized carbons (Fsp3) is 0.333. The van der Waals surface area contributed by atoms with Crippen molar-refractivity contribution in [2.75, 3.05) is 0 Å². The molecule has 2 aromatic carbocycles. The molecule has 0 N–H and O–H groups in total. The zero-order valence-corrected chi connectivity index (χ0v) is 12.4. The van der Waals surface area contributed by atoms with E-state index >= 15 is 0 Å². The summed E-state index contributed by atoms with van der Waals surface area (Å²) < 4.78 is 62.4. The van der Waals surface area contributed by atoms with Crippen molar-refractivity contribution in [3.8, 4) is 0 Å². The number of halogens is 4. The molecule has 2 aromatic rings. The molecule has 1 nitrogen and oxygen atoms in total. The van der Waals surface area contributed by atoms with E-state index in [0.29, 0.717) is 0 Å². The Bertz CT molecular complexity index is 840. The lowest BCUT2D eigenvalue weighted by Crippen LogP contribution is -2.25. The number of hydrogen-bond acceptors (Lipinski definition) is 1. The van der Waals surface area contributed by atoms with Gasteiger partial charge >= 0.3 is 0 Å². The molecule has 1 aliphatic heterocycles. The second-order valence-electron chi connectivity index (χ2n) is 6.98. The second kappa shape index (κ2) is 3.61. The van der Waals surface area contributed by atoms with Crippen LogP contribution in [-0.4, -0.2) is 11.2 Å². The SMILES string of the molecule is CC1(C)OC12[C@@H]1c3ccccc3[C@@H]2c2c(F)c(F)c(F)c(F)c21. The molecule has 0 amide bonds. The molecular formula is C18H12F4O. The third-order valence-electron chi connectivity index (χ3n) is 5.72. The first-order valence-electron chi connectivity index (χ1n) is 7.47. The zero-order chi connectivity index (χ0) is 16.3. The quantitative estimate of drug-likeness (QED) is 0.304. The van der Waals surface area contributed by atoms with Crippen molar-refractivity contribution < 1.29 is 22.3 Å². The van der Waals surface area contributed by atoms with E-state index in [4.69, 9.17) is 4.74 Å². The van der Waals surface area contributed by atoms with Gasteiger partial charge in [-0.25, -0.2) is 17.6 Å². The van der Waals surface area contributed by atoms with Gasteiger partial charge in [0.1, 0.15) is 5.60 Å². The van der Waals surface area contributed by atoms with Crippen molar-refractivity contribution in [3.63, 3.8) is 0 Å². The summed E-state index contributed by atoms with van der Waals surface area (Å²) in [6, 6.07) is 7.25. The van der Waals surface area contributed by atoms with Crippen LogP contribution in [0.5, 0.6) is 0 Å². The predicted octanol–water partition coefficient (Wildman–Crippen LogP) is 4.38. The minimum absolute atomic E-state index is 0.0873. The van der Waals surface area contributed by atoms with Crippen LogP contribution in [0.4, 0.5) is 17.6 Å². The Morgan fingerprint density at radius 3 is 1.52 bits per heavy atom. The highest BCUT2D eigenvalue weighted by Crippen LogP contribution is 2.76. The second-order valence-corrected chi connectivity index (χ2v) is 6.98.